The summed E-state index contributed by atoms with van der Waals surface area (Å²) in [5, 5.41) is 0. The minimum absolute atomic E-state index is 0.173. The van der Waals surface area contributed by atoms with Gasteiger partial charge in [0.1, 0.15) is 12.1 Å². The van der Waals surface area contributed by atoms with Crippen molar-refractivity contribution in [1.29, 1.82) is 0 Å². The third-order valence-corrected chi connectivity index (χ3v) is 6.00. The SMILES string of the molecule is CC(=O)N1CCC(N(Cc2ccc(-n3ccnc3)nc2)Cc2cncs2)CC1. The molecule has 0 atom stereocenters. The summed E-state index contributed by atoms with van der Waals surface area (Å²) >= 11 is 1.69. The molecular formula is C20H24N6OS. The van der Waals surface area contributed by atoms with Crippen LogP contribution in [0.15, 0.2) is 48.8 Å². The summed E-state index contributed by atoms with van der Waals surface area (Å²) in [4.78, 5) is 30.2. The molecule has 4 heterocycles. The van der Waals surface area contributed by atoms with E-state index in [1.165, 1.54) is 10.4 Å². The second-order valence-electron chi connectivity index (χ2n) is 7.10. The molecule has 0 spiro atoms. The molecule has 0 aliphatic carbocycles. The first-order chi connectivity index (χ1) is 13.7. The van der Waals surface area contributed by atoms with E-state index in [-0.39, 0.29) is 5.91 Å². The van der Waals surface area contributed by atoms with Crippen molar-refractivity contribution >= 4 is 17.2 Å². The number of thiazole rings is 1. The molecule has 0 saturated carbocycles. The fourth-order valence-corrected chi connectivity index (χ4v) is 4.29. The summed E-state index contributed by atoms with van der Waals surface area (Å²) in [7, 11) is 0. The Kier molecular flexibility index (Phi) is 5.78. The van der Waals surface area contributed by atoms with E-state index in [1.807, 2.05) is 39.6 Å². The molecule has 28 heavy (non-hydrogen) atoms. The molecule has 1 saturated heterocycles. The Morgan fingerprint density at radius 1 is 1.21 bits per heavy atom. The number of hydrogen-bond donors (Lipinski definition) is 0. The van der Waals surface area contributed by atoms with Gasteiger partial charge >= 0.3 is 0 Å². The molecule has 8 heteroatoms. The summed E-state index contributed by atoms with van der Waals surface area (Å²) < 4.78 is 1.90. The smallest absolute Gasteiger partial charge is 0.219 e. The minimum atomic E-state index is 0.173. The van der Waals surface area contributed by atoms with Crippen molar-refractivity contribution < 1.29 is 4.79 Å². The van der Waals surface area contributed by atoms with E-state index in [0.717, 1.165) is 44.8 Å². The third kappa shape index (κ3) is 4.45. The van der Waals surface area contributed by atoms with Gasteiger partial charge in [-0.25, -0.2) is 9.97 Å². The van der Waals surface area contributed by atoms with Crippen molar-refractivity contribution in [3.05, 3.63) is 59.2 Å². The van der Waals surface area contributed by atoms with E-state index in [1.54, 1.807) is 30.8 Å². The number of hydrogen-bond acceptors (Lipinski definition) is 6. The molecule has 3 aromatic heterocycles. The van der Waals surface area contributed by atoms with Crippen molar-refractivity contribution in [2.24, 2.45) is 0 Å². The number of nitrogens with zero attached hydrogens (tertiary/aromatic N) is 6. The number of pyridine rings is 1. The largest absolute Gasteiger partial charge is 0.343 e. The lowest BCUT2D eigenvalue weighted by atomic mass is 10.0. The number of carbonyl (C=O) groups excluding carboxylic acids is 1. The standard InChI is InChI=1S/C20H24N6OS/c1-16(27)24-7-4-18(5-8-24)26(13-19-11-22-15-28-19)12-17-2-3-20(23-10-17)25-9-6-21-14-25/h2-3,6,9-11,14-15,18H,4-5,7-8,12-13H2,1H3. The van der Waals surface area contributed by atoms with E-state index < -0.39 is 0 Å². The van der Waals surface area contributed by atoms with E-state index in [0.29, 0.717) is 6.04 Å². The highest BCUT2D eigenvalue weighted by atomic mass is 32.1. The Hall–Kier alpha value is -2.58. The predicted molar refractivity (Wildman–Crippen MR) is 108 cm³/mol. The van der Waals surface area contributed by atoms with Crippen molar-refractivity contribution in [1.82, 2.24) is 29.3 Å². The average molecular weight is 397 g/mol. The first-order valence-corrected chi connectivity index (χ1v) is 10.4. The van der Waals surface area contributed by atoms with Crippen LogP contribution in [-0.4, -0.2) is 54.4 Å². The van der Waals surface area contributed by atoms with Gasteiger partial charge in [-0.3, -0.25) is 19.2 Å². The zero-order valence-corrected chi connectivity index (χ0v) is 16.8. The zero-order valence-electron chi connectivity index (χ0n) is 15.9. The summed E-state index contributed by atoms with van der Waals surface area (Å²) in [5.41, 5.74) is 3.07. The van der Waals surface area contributed by atoms with Gasteiger partial charge in [-0.1, -0.05) is 6.07 Å². The summed E-state index contributed by atoms with van der Waals surface area (Å²) in [5.74, 6) is 1.04. The number of carbonyl (C=O) groups is 1. The lowest BCUT2D eigenvalue weighted by Crippen LogP contribution is -2.45. The number of amides is 1. The zero-order chi connectivity index (χ0) is 19.3. The van der Waals surface area contributed by atoms with Gasteiger partial charge in [0.25, 0.3) is 0 Å². The highest BCUT2D eigenvalue weighted by Crippen LogP contribution is 2.23. The van der Waals surface area contributed by atoms with Gasteiger partial charge in [0, 0.05) is 68.8 Å². The second-order valence-corrected chi connectivity index (χ2v) is 8.08. The normalized spacial score (nSPS) is 15.3. The van der Waals surface area contributed by atoms with Crippen LogP contribution in [0.5, 0.6) is 0 Å². The fraction of sp³-hybridized carbons (Fsp3) is 0.400. The molecule has 0 bridgehead atoms. The van der Waals surface area contributed by atoms with Gasteiger partial charge < -0.3 is 4.90 Å². The number of imidazole rings is 1. The van der Waals surface area contributed by atoms with Gasteiger partial charge in [0.15, 0.2) is 0 Å². The van der Waals surface area contributed by atoms with Crippen LogP contribution in [0, 0.1) is 0 Å². The van der Waals surface area contributed by atoms with Gasteiger partial charge in [0.2, 0.25) is 5.91 Å². The quantitative estimate of drug-likeness (QED) is 0.641. The summed E-state index contributed by atoms with van der Waals surface area (Å²) in [6, 6.07) is 4.61. The van der Waals surface area contributed by atoms with E-state index in [9.17, 15) is 4.79 Å². The maximum absolute atomic E-state index is 11.6. The van der Waals surface area contributed by atoms with Crippen LogP contribution >= 0.6 is 11.3 Å². The predicted octanol–water partition coefficient (Wildman–Crippen LogP) is 2.74. The minimum Gasteiger partial charge on any atom is -0.343 e. The monoisotopic (exact) mass is 396 g/mol. The molecule has 0 radical (unpaired) electrons. The Morgan fingerprint density at radius 2 is 2.07 bits per heavy atom. The maximum Gasteiger partial charge on any atom is 0.219 e. The Balaban J connectivity index is 1.47. The summed E-state index contributed by atoms with van der Waals surface area (Å²) in [6.45, 7) is 5.02. The number of likely N-dealkylation sites (tertiary alicyclic amines) is 1. The number of aromatic nitrogens is 4. The van der Waals surface area contributed by atoms with Crippen molar-refractivity contribution in [3.63, 3.8) is 0 Å². The van der Waals surface area contributed by atoms with Crippen molar-refractivity contribution in [2.45, 2.75) is 38.9 Å². The molecule has 7 nitrogen and oxygen atoms in total. The second kappa shape index (κ2) is 8.62. The Morgan fingerprint density at radius 3 is 2.68 bits per heavy atom. The molecule has 4 rings (SSSR count). The van der Waals surface area contributed by atoms with Crippen LogP contribution in [0.4, 0.5) is 0 Å². The van der Waals surface area contributed by atoms with Gasteiger partial charge in [-0.05, 0) is 24.5 Å². The van der Waals surface area contributed by atoms with E-state index in [4.69, 9.17) is 0 Å². The molecule has 146 valence electrons. The molecule has 0 unspecified atom stereocenters. The van der Waals surface area contributed by atoms with Crippen LogP contribution < -0.4 is 0 Å². The number of piperidine rings is 1. The average Bonchev–Trinajstić information content (AvgIpc) is 3.42. The Labute approximate surface area is 168 Å². The van der Waals surface area contributed by atoms with Crippen LogP contribution in [0.3, 0.4) is 0 Å². The van der Waals surface area contributed by atoms with Gasteiger partial charge in [0.05, 0.1) is 5.51 Å². The highest BCUT2D eigenvalue weighted by Gasteiger charge is 2.26. The van der Waals surface area contributed by atoms with Gasteiger partial charge in [-0.2, -0.15) is 0 Å². The fourth-order valence-electron chi connectivity index (χ4n) is 3.67. The van der Waals surface area contributed by atoms with Crippen LogP contribution in [-0.2, 0) is 17.9 Å². The molecule has 3 aromatic rings. The van der Waals surface area contributed by atoms with Crippen LogP contribution in [0.2, 0.25) is 0 Å². The molecule has 0 N–H and O–H groups in total. The number of rotatable bonds is 6. The molecule has 1 aliphatic rings. The van der Waals surface area contributed by atoms with E-state index in [2.05, 4.69) is 25.9 Å². The molecule has 1 aliphatic heterocycles. The van der Waals surface area contributed by atoms with Crippen molar-refractivity contribution in [3.8, 4) is 5.82 Å². The lowest BCUT2D eigenvalue weighted by molar-refractivity contribution is -0.130. The third-order valence-electron chi connectivity index (χ3n) is 5.23. The molecule has 1 fully saturated rings. The first kappa shape index (κ1) is 18.8. The summed E-state index contributed by atoms with van der Waals surface area (Å²) in [6.07, 6.45) is 11.3. The molecule has 1 amide bonds. The molecular weight excluding hydrogens is 372 g/mol. The lowest BCUT2D eigenvalue weighted by Gasteiger charge is -2.38. The van der Waals surface area contributed by atoms with Crippen LogP contribution in [0.1, 0.15) is 30.2 Å². The maximum atomic E-state index is 11.6. The first-order valence-electron chi connectivity index (χ1n) is 9.49. The van der Waals surface area contributed by atoms with Gasteiger partial charge in [-0.15, -0.1) is 11.3 Å². The highest BCUT2D eigenvalue weighted by molar-refractivity contribution is 7.09. The van der Waals surface area contributed by atoms with Crippen LogP contribution in [0.25, 0.3) is 5.82 Å². The Bertz CT molecular complexity index is 870. The van der Waals surface area contributed by atoms with Crippen molar-refractivity contribution in [2.75, 3.05) is 13.1 Å². The molecule has 0 aromatic carbocycles. The van der Waals surface area contributed by atoms with E-state index >= 15 is 0 Å². The topological polar surface area (TPSA) is 67.2 Å².